The van der Waals surface area contributed by atoms with E-state index in [9.17, 15) is 0 Å². The third kappa shape index (κ3) is 4.84. The molecule has 11 rings (SSSR count). The van der Waals surface area contributed by atoms with Crippen molar-refractivity contribution in [2.24, 2.45) is 0 Å². The number of benzene rings is 7. The lowest BCUT2D eigenvalue weighted by atomic mass is 9.69. The summed E-state index contributed by atoms with van der Waals surface area (Å²) < 4.78 is 4.58. The molecule has 0 N–H and O–H groups in total. The number of aromatic nitrogens is 4. The van der Waals surface area contributed by atoms with Crippen LogP contribution in [0.5, 0.6) is 0 Å². The zero-order valence-electron chi connectivity index (χ0n) is 33.7. The normalized spacial score (nSPS) is 14.9. The van der Waals surface area contributed by atoms with Crippen molar-refractivity contribution >= 4 is 44.8 Å². The summed E-state index contributed by atoms with van der Waals surface area (Å²) >= 11 is 0. The van der Waals surface area contributed by atoms with Crippen LogP contribution in [0.4, 0.5) is 22.7 Å². The van der Waals surface area contributed by atoms with E-state index in [0.717, 1.165) is 56.2 Å². The van der Waals surface area contributed by atoms with Crippen LogP contribution in [0.25, 0.3) is 56.2 Å². The van der Waals surface area contributed by atoms with Crippen molar-refractivity contribution < 1.29 is 0 Å². The molecule has 2 aliphatic rings. The van der Waals surface area contributed by atoms with Crippen molar-refractivity contribution in [3.8, 4) is 34.2 Å². The number of nitrogens with zero attached hydrogens (tertiary/aromatic N) is 6. The lowest BCUT2D eigenvalue weighted by Gasteiger charge is -2.45. The summed E-state index contributed by atoms with van der Waals surface area (Å²) in [7, 11) is 4.44. The van der Waals surface area contributed by atoms with Crippen molar-refractivity contribution in [3.63, 3.8) is 0 Å². The number of para-hydroxylation sites is 6. The monoisotopic (exact) mass is 752 g/mol. The standard InChI is InChI=1S/C52H44N6/c1-51(2)37-29-33(49-53-41-21-13-15-23-45(41)57(49)35-17-9-7-10-18-35)25-27-43(37)55(5)47-32-40-48(31-39(47)51)56(6)44-28-26-34(30-38(44)52(40,3)4)50-54-42-22-14-16-24-46(42)58(50)36-19-11-8-12-20-36/h7-32H,1-6H3. The van der Waals surface area contributed by atoms with Gasteiger partial charge in [-0.05, 0) is 119 Å². The summed E-state index contributed by atoms with van der Waals surface area (Å²) in [4.78, 5) is 15.2. The third-order valence-electron chi connectivity index (χ3n) is 12.9. The minimum Gasteiger partial charge on any atom is -0.344 e. The maximum Gasteiger partial charge on any atom is 0.145 e. The average Bonchev–Trinajstić information content (AvgIpc) is 3.84. The van der Waals surface area contributed by atoms with Crippen molar-refractivity contribution in [2.75, 3.05) is 23.9 Å². The minimum atomic E-state index is -0.280. The Balaban J connectivity index is 1.03. The molecule has 0 fully saturated rings. The zero-order valence-corrected chi connectivity index (χ0v) is 33.7. The Morgan fingerprint density at radius 1 is 0.379 bits per heavy atom. The summed E-state index contributed by atoms with van der Waals surface area (Å²) in [6.45, 7) is 9.50. The first-order valence-corrected chi connectivity index (χ1v) is 20.1. The Hall–Kier alpha value is -6.92. The molecule has 6 nitrogen and oxygen atoms in total. The predicted molar refractivity (Wildman–Crippen MR) is 240 cm³/mol. The molecule has 0 radical (unpaired) electrons. The Labute approximate surface area is 339 Å². The highest BCUT2D eigenvalue weighted by atomic mass is 15.1. The highest BCUT2D eigenvalue weighted by Crippen LogP contribution is 2.56. The summed E-state index contributed by atoms with van der Waals surface area (Å²) in [5.41, 5.74) is 18.1. The quantitative estimate of drug-likeness (QED) is 0.180. The molecule has 0 atom stereocenters. The highest BCUT2D eigenvalue weighted by molar-refractivity contribution is 5.90. The predicted octanol–water partition coefficient (Wildman–Crippen LogP) is 12.5. The van der Waals surface area contributed by atoms with Gasteiger partial charge in [0.25, 0.3) is 0 Å². The van der Waals surface area contributed by atoms with Crippen molar-refractivity contribution in [2.45, 2.75) is 38.5 Å². The summed E-state index contributed by atoms with van der Waals surface area (Å²) in [5.74, 6) is 1.89. The maximum absolute atomic E-state index is 5.22. The molecule has 0 unspecified atom stereocenters. The molecule has 0 saturated carbocycles. The van der Waals surface area contributed by atoms with E-state index in [4.69, 9.17) is 9.97 Å². The van der Waals surface area contributed by atoms with Crippen LogP contribution in [-0.2, 0) is 10.8 Å². The van der Waals surface area contributed by atoms with Gasteiger partial charge in [0, 0.05) is 70.2 Å². The van der Waals surface area contributed by atoms with Gasteiger partial charge in [-0.3, -0.25) is 9.13 Å². The molecule has 2 aliphatic heterocycles. The molecule has 0 bridgehead atoms. The second-order valence-corrected chi connectivity index (χ2v) is 16.9. The number of anilines is 4. The van der Waals surface area contributed by atoms with Gasteiger partial charge in [-0.25, -0.2) is 9.97 Å². The third-order valence-corrected chi connectivity index (χ3v) is 12.9. The number of hydrogen-bond acceptors (Lipinski definition) is 4. The van der Waals surface area contributed by atoms with Gasteiger partial charge in [0.05, 0.1) is 22.1 Å². The Kier molecular flexibility index (Phi) is 7.28. The summed E-state index contributed by atoms with van der Waals surface area (Å²) in [6.07, 6.45) is 0. The van der Waals surface area contributed by atoms with Crippen LogP contribution >= 0.6 is 0 Å². The van der Waals surface area contributed by atoms with Crippen molar-refractivity contribution in [3.05, 3.63) is 180 Å². The van der Waals surface area contributed by atoms with Crippen LogP contribution in [-0.4, -0.2) is 33.2 Å². The van der Waals surface area contributed by atoms with Crippen LogP contribution in [0, 0.1) is 0 Å². The highest BCUT2D eigenvalue weighted by Gasteiger charge is 2.41. The lowest BCUT2D eigenvalue weighted by Crippen LogP contribution is -2.35. The first-order chi connectivity index (χ1) is 28.1. The topological polar surface area (TPSA) is 42.1 Å². The van der Waals surface area contributed by atoms with E-state index in [-0.39, 0.29) is 10.8 Å². The van der Waals surface area contributed by atoms with Gasteiger partial charge in [-0.15, -0.1) is 0 Å². The fourth-order valence-corrected chi connectivity index (χ4v) is 9.74. The molecule has 0 saturated heterocycles. The van der Waals surface area contributed by atoms with Gasteiger partial charge in [0.1, 0.15) is 11.6 Å². The molecule has 7 aromatic carbocycles. The van der Waals surface area contributed by atoms with Crippen molar-refractivity contribution in [1.29, 1.82) is 0 Å². The van der Waals surface area contributed by atoms with Crippen molar-refractivity contribution in [1.82, 2.24) is 19.1 Å². The van der Waals surface area contributed by atoms with E-state index >= 15 is 0 Å². The van der Waals surface area contributed by atoms with Crippen LogP contribution < -0.4 is 9.80 Å². The molecule has 2 aromatic heterocycles. The Bertz CT molecular complexity index is 2890. The first kappa shape index (κ1) is 34.3. The van der Waals surface area contributed by atoms with Gasteiger partial charge >= 0.3 is 0 Å². The van der Waals surface area contributed by atoms with Gasteiger partial charge in [-0.2, -0.15) is 0 Å². The van der Waals surface area contributed by atoms with Gasteiger partial charge in [0.2, 0.25) is 0 Å². The molecule has 6 heteroatoms. The smallest absolute Gasteiger partial charge is 0.145 e. The molecule has 0 aliphatic carbocycles. The molecule has 0 amide bonds. The Morgan fingerprint density at radius 2 is 0.741 bits per heavy atom. The number of hydrogen-bond donors (Lipinski definition) is 0. The molecule has 58 heavy (non-hydrogen) atoms. The van der Waals surface area contributed by atoms with Crippen LogP contribution in [0.2, 0.25) is 0 Å². The zero-order chi connectivity index (χ0) is 39.5. The van der Waals surface area contributed by atoms with E-state index in [1.54, 1.807) is 0 Å². The fraction of sp³-hybridized carbons (Fsp3) is 0.154. The number of imidazole rings is 2. The largest absolute Gasteiger partial charge is 0.344 e. The fourth-order valence-electron chi connectivity index (χ4n) is 9.74. The van der Waals surface area contributed by atoms with Crippen LogP contribution in [0.1, 0.15) is 49.9 Å². The summed E-state index contributed by atoms with van der Waals surface area (Å²) in [6, 6.07) is 56.7. The molecule has 4 heterocycles. The molecule has 9 aromatic rings. The second-order valence-electron chi connectivity index (χ2n) is 16.9. The van der Waals surface area contributed by atoms with E-state index in [2.05, 4.69) is 218 Å². The van der Waals surface area contributed by atoms with E-state index in [0.29, 0.717) is 0 Å². The maximum atomic E-state index is 5.22. The van der Waals surface area contributed by atoms with Gasteiger partial charge in [-0.1, -0.05) is 88.4 Å². The average molecular weight is 753 g/mol. The van der Waals surface area contributed by atoms with E-state index < -0.39 is 0 Å². The summed E-state index contributed by atoms with van der Waals surface area (Å²) in [5, 5.41) is 0. The lowest BCUT2D eigenvalue weighted by molar-refractivity contribution is 0.612. The minimum absolute atomic E-state index is 0.280. The van der Waals surface area contributed by atoms with E-state index in [1.165, 1.54) is 45.0 Å². The molecular formula is C52H44N6. The van der Waals surface area contributed by atoms with Crippen LogP contribution in [0.15, 0.2) is 158 Å². The molecule has 0 spiro atoms. The van der Waals surface area contributed by atoms with Crippen LogP contribution in [0.3, 0.4) is 0 Å². The molecule has 282 valence electrons. The SMILES string of the molecule is CN1c2ccc(-c3nc4ccccc4n3-c3ccccc3)cc2C(C)(C)c2cc3c(cc21)C(C)(C)c1cc(-c2nc4ccccc4n2-c2ccccc2)ccc1N3C. The molecular weight excluding hydrogens is 709 g/mol. The first-order valence-electron chi connectivity index (χ1n) is 20.1. The number of fused-ring (bicyclic) bond motifs is 6. The van der Waals surface area contributed by atoms with Gasteiger partial charge < -0.3 is 9.80 Å². The van der Waals surface area contributed by atoms with E-state index in [1.807, 2.05) is 0 Å². The van der Waals surface area contributed by atoms with Gasteiger partial charge in [0.15, 0.2) is 0 Å². The number of rotatable bonds is 4. The second kappa shape index (κ2) is 12.3. The Morgan fingerprint density at radius 3 is 1.16 bits per heavy atom.